The van der Waals surface area contributed by atoms with Crippen molar-refractivity contribution in [2.24, 2.45) is 0 Å². The lowest BCUT2D eigenvalue weighted by Gasteiger charge is -2.26. The highest BCUT2D eigenvalue weighted by molar-refractivity contribution is 9.10. The van der Waals surface area contributed by atoms with Gasteiger partial charge in [-0.05, 0) is 72.3 Å². The van der Waals surface area contributed by atoms with Gasteiger partial charge in [-0.25, -0.2) is 9.69 Å². The molecule has 0 bridgehead atoms. The van der Waals surface area contributed by atoms with Crippen LogP contribution in [0.5, 0.6) is 11.5 Å². The van der Waals surface area contributed by atoms with E-state index in [0.29, 0.717) is 35.2 Å². The third-order valence-electron chi connectivity index (χ3n) is 4.81. The molecular weight excluding hydrogens is 524 g/mol. The van der Waals surface area contributed by atoms with Gasteiger partial charge in [0.2, 0.25) is 0 Å². The van der Waals surface area contributed by atoms with Crippen molar-refractivity contribution < 1.29 is 23.9 Å². The molecule has 4 rings (SSSR count). The van der Waals surface area contributed by atoms with Gasteiger partial charge in [-0.3, -0.25) is 14.9 Å². The van der Waals surface area contributed by atoms with Crippen LogP contribution in [0.15, 0.2) is 82.8 Å². The molecule has 1 aliphatic rings. The molecule has 0 radical (unpaired) electrons. The van der Waals surface area contributed by atoms with Gasteiger partial charge in [0.25, 0.3) is 11.8 Å². The molecule has 172 valence electrons. The van der Waals surface area contributed by atoms with Crippen molar-refractivity contribution in [1.29, 1.82) is 0 Å². The summed E-state index contributed by atoms with van der Waals surface area (Å²) >= 11 is 9.25. The van der Waals surface area contributed by atoms with Crippen molar-refractivity contribution in [3.63, 3.8) is 0 Å². The van der Waals surface area contributed by atoms with Gasteiger partial charge in [0.1, 0.15) is 30.3 Å². The number of urea groups is 1. The van der Waals surface area contributed by atoms with E-state index in [-0.39, 0.29) is 5.57 Å². The van der Waals surface area contributed by atoms with Gasteiger partial charge in [0.15, 0.2) is 0 Å². The minimum Gasteiger partial charge on any atom is -0.490 e. The summed E-state index contributed by atoms with van der Waals surface area (Å²) in [5, 5.41) is 2.65. The van der Waals surface area contributed by atoms with E-state index in [1.165, 1.54) is 18.2 Å². The average molecular weight is 542 g/mol. The van der Waals surface area contributed by atoms with E-state index in [9.17, 15) is 14.4 Å². The number of nitrogens with one attached hydrogen (secondary N) is 1. The maximum Gasteiger partial charge on any atom is 0.335 e. The fourth-order valence-corrected chi connectivity index (χ4v) is 3.55. The largest absolute Gasteiger partial charge is 0.490 e. The summed E-state index contributed by atoms with van der Waals surface area (Å²) in [5.41, 5.74) is 0.743. The average Bonchev–Trinajstić information content (AvgIpc) is 2.82. The van der Waals surface area contributed by atoms with Crippen LogP contribution in [0, 0.1) is 0 Å². The number of barbiturate groups is 1. The quantitative estimate of drug-likeness (QED) is 0.252. The molecule has 1 N–H and O–H groups in total. The summed E-state index contributed by atoms with van der Waals surface area (Å²) in [4.78, 5) is 38.4. The Morgan fingerprint density at radius 2 is 1.38 bits per heavy atom. The molecule has 1 aliphatic heterocycles. The Labute approximate surface area is 209 Å². The van der Waals surface area contributed by atoms with Gasteiger partial charge in [-0.15, -0.1) is 0 Å². The van der Waals surface area contributed by atoms with E-state index >= 15 is 0 Å². The summed E-state index contributed by atoms with van der Waals surface area (Å²) in [6, 6.07) is 19.7. The fraction of sp³-hybridized carbons (Fsp3) is 0.0800. The van der Waals surface area contributed by atoms with Crippen LogP contribution in [-0.2, 0) is 9.59 Å². The van der Waals surface area contributed by atoms with Gasteiger partial charge >= 0.3 is 6.03 Å². The number of ether oxygens (including phenoxy) is 2. The SMILES string of the molecule is O=C1NC(=O)N(c2ccc(Cl)cc2)C(=O)C1=Cc1ccc(OCCOc2ccc(Br)cc2)cc1. The first-order chi connectivity index (χ1) is 16.4. The minimum absolute atomic E-state index is 0.161. The standard InChI is InChI=1S/C25H18BrClN2O5/c26-17-3-11-21(12-4-17)34-14-13-33-20-9-1-16(2-10-20)15-22-23(30)28-25(32)29(24(22)31)19-7-5-18(27)6-8-19/h1-12,15H,13-14H2,(H,28,30,32). The summed E-state index contributed by atoms with van der Waals surface area (Å²) in [6.45, 7) is 0.715. The normalized spacial score (nSPS) is 14.8. The number of nitrogens with zero attached hydrogens (tertiary/aromatic N) is 1. The molecule has 9 heteroatoms. The second kappa shape index (κ2) is 10.5. The van der Waals surface area contributed by atoms with Crippen LogP contribution >= 0.6 is 27.5 Å². The lowest BCUT2D eigenvalue weighted by Crippen LogP contribution is -2.54. The smallest absolute Gasteiger partial charge is 0.335 e. The number of hydrogen-bond acceptors (Lipinski definition) is 5. The first kappa shape index (κ1) is 23.5. The monoisotopic (exact) mass is 540 g/mol. The van der Waals surface area contributed by atoms with Crippen molar-refractivity contribution in [1.82, 2.24) is 5.32 Å². The molecule has 1 saturated heterocycles. The van der Waals surface area contributed by atoms with Gasteiger partial charge in [-0.1, -0.05) is 39.7 Å². The van der Waals surface area contributed by atoms with Gasteiger partial charge in [0, 0.05) is 9.50 Å². The lowest BCUT2D eigenvalue weighted by molar-refractivity contribution is -0.122. The number of rotatable bonds is 7. The number of carbonyl (C=O) groups excluding carboxylic acids is 3. The number of amides is 4. The molecule has 0 aromatic heterocycles. The molecule has 4 amide bonds. The summed E-state index contributed by atoms with van der Waals surface area (Å²) in [7, 11) is 0. The Hall–Kier alpha value is -3.62. The van der Waals surface area contributed by atoms with Gasteiger partial charge in [-0.2, -0.15) is 0 Å². The number of carbonyl (C=O) groups is 3. The third kappa shape index (κ3) is 5.65. The molecule has 34 heavy (non-hydrogen) atoms. The summed E-state index contributed by atoms with van der Waals surface area (Å²) < 4.78 is 12.3. The Morgan fingerprint density at radius 1 is 0.824 bits per heavy atom. The predicted octanol–water partition coefficient (Wildman–Crippen LogP) is 5.23. The van der Waals surface area contributed by atoms with E-state index in [1.54, 1.807) is 36.4 Å². The van der Waals surface area contributed by atoms with Crippen molar-refractivity contribution in [2.45, 2.75) is 0 Å². The summed E-state index contributed by atoms with van der Waals surface area (Å²) in [5.74, 6) is -0.124. The molecule has 1 heterocycles. The molecule has 7 nitrogen and oxygen atoms in total. The van der Waals surface area contributed by atoms with Gasteiger partial charge in [0.05, 0.1) is 5.69 Å². The van der Waals surface area contributed by atoms with Crippen LogP contribution in [0.25, 0.3) is 6.08 Å². The van der Waals surface area contributed by atoms with Crippen LogP contribution in [0.1, 0.15) is 5.56 Å². The lowest BCUT2D eigenvalue weighted by atomic mass is 10.1. The second-order valence-corrected chi connectivity index (χ2v) is 8.51. The van der Waals surface area contributed by atoms with E-state index < -0.39 is 17.8 Å². The van der Waals surface area contributed by atoms with E-state index in [1.807, 2.05) is 24.3 Å². The number of benzene rings is 3. The van der Waals surface area contributed by atoms with Crippen molar-refractivity contribution in [2.75, 3.05) is 18.1 Å². The minimum atomic E-state index is -0.816. The molecule has 0 saturated carbocycles. The highest BCUT2D eigenvalue weighted by Crippen LogP contribution is 2.24. The highest BCUT2D eigenvalue weighted by atomic mass is 79.9. The maximum absolute atomic E-state index is 12.9. The third-order valence-corrected chi connectivity index (χ3v) is 5.59. The van der Waals surface area contributed by atoms with Crippen LogP contribution in [-0.4, -0.2) is 31.1 Å². The summed E-state index contributed by atoms with van der Waals surface area (Å²) in [6.07, 6.45) is 1.42. The molecule has 3 aromatic rings. The Kier molecular flexibility index (Phi) is 7.30. The zero-order valence-corrected chi connectivity index (χ0v) is 20.0. The Morgan fingerprint density at radius 3 is 1.97 bits per heavy atom. The fourth-order valence-electron chi connectivity index (χ4n) is 3.16. The molecular formula is C25H18BrClN2O5. The van der Waals surface area contributed by atoms with Crippen molar-refractivity contribution >= 4 is 57.1 Å². The Bertz CT molecular complexity index is 1240. The second-order valence-electron chi connectivity index (χ2n) is 7.15. The predicted molar refractivity (Wildman–Crippen MR) is 132 cm³/mol. The molecule has 3 aromatic carbocycles. The van der Waals surface area contributed by atoms with Crippen molar-refractivity contribution in [3.8, 4) is 11.5 Å². The highest BCUT2D eigenvalue weighted by Gasteiger charge is 2.36. The first-order valence-corrected chi connectivity index (χ1v) is 11.4. The van der Waals surface area contributed by atoms with Crippen molar-refractivity contribution in [3.05, 3.63) is 93.4 Å². The van der Waals surface area contributed by atoms with Crippen LogP contribution < -0.4 is 19.7 Å². The number of anilines is 1. The molecule has 1 fully saturated rings. The zero-order valence-electron chi connectivity index (χ0n) is 17.7. The van der Waals surface area contributed by atoms with E-state index in [4.69, 9.17) is 21.1 Å². The molecule has 0 spiro atoms. The molecule has 0 aliphatic carbocycles. The van der Waals surface area contributed by atoms with Crippen LogP contribution in [0.2, 0.25) is 5.02 Å². The number of imide groups is 2. The van der Waals surface area contributed by atoms with E-state index in [2.05, 4.69) is 21.2 Å². The molecule has 0 unspecified atom stereocenters. The van der Waals surface area contributed by atoms with Crippen LogP contribution in [0.4, 0.5) is 10.5 Å². The van der Waals surface area contributed by atoms with Gasteiger partial charge < -0.3 is 9.47 Å². The number of hydrogen-bond donors (Lipinski definition) is 1. The van der Waals surface area contributed by atoms with E-state index in [0.717, 1.165) is 15.1 Å². The zero-order chi connectivity index (χ0) is 24.1. The molecule has 0 atom stereocenters. The first-order valence-electron chi connectivity index (χ1n) is 10.2. The number of halogens is 2. The Balaban J connectivity index is 1.39. The topological polar surface area (TPSA) is 84.9 Å². The maximum atomic E-state index is 12.9. The van der Waals surface area contributed by atoms with Crippen LogP contribution in [0.3, 0.4) is 0 Å².